The maximum absolute atomic E-state index is 11.3. The first-order chi connectivity index (χ1) is 8.11. The second kappa shape index (κ2) is 6.32. The van der Waals surface area contributed by atoms with E-state index in [0.29, 0.717) is 5.82 Å². The van der Waals surface area contributed by atoms with Crippen molar-refractivity contribution in [3.05, 3.63) is 5.82 Å². The minimum absolute atomic E-state index is 0.0105. The van der Waals surface area contributed by atoms with Gasteiger partial charge in [-0.3, -0.25) is 0 Å². The SMILES string of the molecule is CCCCc1nnnn1C(C(=O)O)C(C)CC. The van der Waals surface area contributed by atoms with Crippen LogP contribution >= 0.6 is 0 Å². The van der Waals surface area contributed by atoms with Crippen molar-refractivity contribution >= 4 is 5.97 Å². The van der Waals surface area contributed by atoms with E-state index in [1.165, 1.54) is 4.68 Å². The van der Waals surface area contributed by atoms with Gasteiger partial charge in [-0.1, -0.05) is 33.6 Å². The first-order valence-electron chi connectivity index (χ1n) is 6.11. The molecular formula is C11H20N4O2. The van der Waals surface area contributed by atoms with E-state index in [1.54, 1.807) is 0 Å². The Labute approximate surface area is 101 Å². The van der Waals surface area contributed by atoms with Crippen LogP contribution in [0.3, 0.4) is 0 Å². The van der Waals surface area contributed by atoms with Crippen LogP contribution in [0.2, 0.25) is 0 Å². The molecule has 0 aromatic carbocycles. The summed E-state index contributed by atoms with van der Waals surface area (Å²) in [7, 11) is 0. The third-order valence-corrected chi connectivity index (χ3v) is 3.01. The number of aromatic nitrogens is 4. The molecule has 6 heteroatoms. The van der Waals surface area contributed by atoms with Gasteiger partial charge >= 0.3 is 5.97 Å². The number of tetrazole rings is 1. The van der Waals surface area contributed by atoms with Crippen molar-refractivity contribution in [3.63, 3.8) is 0 Å². The first kappa shape index (κ1) is 13.6. The van der Waals surface area contributed by atoms with Crippen LogP contribution < -0.4 is 0 Å². The van der Waals surface area contributed by atoms with E-state index in [9.17, 15) is 9.90 Å². The Hall–Kier alpha value is -1.46. The fourth-order valence-corrected chi connectivity index (χ4v) is 1.74. The van der Waals surface area contributed by atoms with E-state index in [2.05, 4.69) is 22.4 Å². The lowest BCUT2D eigenvalue weighted by molar-refractivity contribution is -0.143. The number of hydrogen-bond donors (Lipinski definition) is 1. The largest absolute Gasteiger partial charge is 0.480 e. The monoisotopic (exact) mass is 240 g/mol. The van der Waals surface area contributed by atoms with Crippen molar-refractivity contribution in [3.8, 4) is 0 Å². The lowest BCUT2D eigenvalue weighted by atomic mass is 9.99. The highest BCUT2D eigenvalue weighted by Crippen LogP contribution is 2.21. The van der Waals surface area contributed by atoms with Gasteiger partial charge in [0.25, 0.3) is 0 Å². The van der Waals surface area contributed by atoms with Gasteiger partial charge in [0.05, 0.1) is 0 Å². The Morgan fingerprint density at radius 1 is 1.47 bits per heavy atom. The van der Waals surface area contributed by atoms with Gasteiger partial charge in [-0.15, -0.1) is 5.10 Å². The second-order valence-corrected chi connectivity index (χ2v) is 4.31. The van der Waals surface area contributed by atoms with E-state index >= 15 is 0 Å². The molecule has 0 spiro atoms. The molecule has 1 rings (SSSR count). The van der Waals surface area contributed by atoms with Gasteiger partial charge < -0.3 is 5.11 Å². The zero-order valence-corrected chi connectivity index (χ0v) is 10.6. The Morgan fingerprint density at radius 3 is 2.71 bits per heavy atom. The lowest BCUT2D eigenvalue weighted by Gasteiger charge is -2.19. The Balaban J connectivity index is 2.94. The molecule has 0 fully saturated rings. The average molecular weight is 240 g/mol. The number of unbranched alkanes of at least 4 members (excludes halogenated alkanes) is 1. The predicted octanol–water partition coefficient (Wildman–Crippen LogP) is 1.69. The normalized spacial score (nSPS) is 14.5. The third-order valence-electron chi connectivity index (χ3n) is 3.01. The van der Waals surface area contributed by atoms with Crippen LogP contribution in [0, 0.1) is 5.92 Å². The zero-order chi connectivity index (χ0) is 12.8. The smallest absolute Gasteiger partial charge is 0.328 e. The molecular weight excluding hydrogens is 220 g/mol. The molecule has 1 aromatic rings. The molecule has 6 nitrogen and oxygen atoms in total. The second-order valence-electron chi connectivity index (χ2n) is 4.31. The summed E-state index contributed by atoms with van der Waals surface area (Å²) in [6.45, 7) is 5.96. The molecule has 96 valence electrons. The highest BCUT2D eigenvalue weighted by atomic mass is 16.4. The van der Waals surface area contributed by atoms with Crippen LogP contribution in [-0.4, -0.2) is 31.3 Å². The van der Waals surface area contributed by atoms with Crippen molar-refractivity contribution < 1.29 is 9.90 Å². The molecule has 1 heterocycles. The molecule has 0 aliphatic rings. The molecule has 0 amide bonds. The van der Waals surface area contributed by atoms with E-state index in [1.807, 2.05) is 13.8 Å². The van der Waals surface area contributed by atoms with E-state index in [0.717, 1.165) is 25.7 Å². The number of carbonyl (C=O) groups is 1. The Bertz CT molecular complexity index is 364. The van der Waals surface area contributed by atoms with Gasteiger partial charge in [0.2, 0.25) is 0 Å². The third kappa shape index (κ3) is 3.25. The highest BCUT2D eigenvalue weighted by Gasteiger charge is 2.28. The summed E-state index contributed by atoms with van der Waals surface area (Å²) in [6.07, 6.45) is 3.51. The molecule has 0 bridgehead atoms. The molecule has 0 aliphatic carbocycles. The number of hydrogen-bond acceptors (Lipinski definition) is 4. The number of aliphatic carboxylic acids is 1. The molecule has 0 aliphatic heterocycles. The van der Waals surface area contributed by atoms with Crippen molar-refractivity contribution in [2.24, 2.45) is 5.92 Å². The number of carboxylic acid groups (broad SMARTS) is 1. The Morgan fingerprint density at radius 2 is 2.18 bits per heavy atom. The van der Waals surface area contributed by atoms with Crippen molar-refractivity contribution in [1.82, 2.24) is 20.2 Å². The first-order valence-corrected chi connectivity index (χ1v) is 6.11. The molecule has 1 aromatic heterocycles. The lowest BCUT2D eigenvalue weighted by Crippen LogP contribution is -2.28. The van der Waals surface area contributed by atoms with Crippen LogP contribution in [0.25, 0.3) is 0 Å². The molecule has 0 saturated heterocycles. The summed E-state index contributed by atoms with van der Waals surface area (Å²) in [6, 6.07) is -0.665. The maximum atomic E-state index is 11.3. The number of aryl methyl sites for hydroxylation is 1. The van der Waals surface area contributed by atoms with Gasteiger partial charge in [-0.25, -0.2) is 9.48 Å². The summed E-state index contributed by atoms with van der Waals surface area (Å²) in [5.41, 5.74) is 0. The number of rotatable bonds is 7. The minimum atomic E-state index is -0.871. The summed E-state index contributed by atoms with van der Waals surface area (Å²) in [5.74, 6) is -0.194. The van der Waals surface area contributed by atoms with Gasteiger partial charge in [0.1, 0.15) is 0 Å². The summed E-state index contributed by atoms with van der Waals surface area (Å²) < 4.78 is 1.46. The molecule has 1 N–H and O–H groups in total. The average Bonchev–Trinajstić information content (AvgIpc) is 2.74. The summed E-state index contributed by atoms with van der Waals surface area (Å²) >= 11 is 0. The molecule has 2 unspecified atom stereocenters. The van der Waals surface area contributed by atoms with Crippen LogP contribution in [0.5, 0.6) is 0 Å². The van der Waals surface area contributed by atoms with E-state index < -0.39 is 12.0 Å². The van der Waals surface area contributed by atoms with Crippen molar-refractivity contribution in [1.29, 1.82) is 0 Å². The highest BCUT2D eigenvalue weighted by molar-refractivity contribution is 5.72. The quantitative estimate of drug-likeness (QED) is 0.784. The van der Waals surface area contributed by atoms with Crippen LogP contribution in [-0.2, 0) is 11.2 Å². The van der Waals surface area contributed by atoms with Gasteiger partial charge in [-0.05, 0) is 22.8 Å². The topological polar surface area (TPSA) is 80.9 Å². The van der Waals surface area contributed by atoms with Crippen LogP contribution in [0.4, 0.5) is 0 Å². The van der Waals surface area contributed by atoms with Gasteiger partial charge in [-0.2, -0.15) is 0 Å². The van der Waals surface area contributed by atoms with E-state index in [4.69, 9.17) is 0 Å². The van der Waals surface area contributed by atoms with Crippen LogP contribution in [0.15, 0.2) is 0 Å². The summed E-state index contributed by atoms with van der Waals surface area (Å²) in [4.78, 5) is 11.3. The fourth-order valence-electron chi connectivity index (χ4n) is 1.74. The van der Waals surface area contributed by atoms with Crippen molar-refractivity contribution in [2.45, 2.75) is 52.5 Å². The van der Waals surface area contributed by atoms with Crippen LogP contribution in [0.1, 0.15) is 51.9 Å². The number of nitrogens with zero attached hydrogens (tertiary/aromatic N) is 4. The fraction of sp³-hybridized carbons (Fsp3) is 0.818. The van der Waals surface area contributed by atoms with E-state index in [-0.39, 0.29) is 5.92 Å². The Kier molecular flexibility index (Phi) is 5.06. The number of carboxylic acids is 1. The van der Waals surface area contributed by atoms with Gasteiger partial charge in [0, 0.05) is 6.42 Å². The standard InChI is InChI=1S/C11H20N4O2/c1-4-6-7-9-12-13-14-15(9)10(11(16)17)8(3)5-2/h8,10H,4-7H2,1-3H3,(H,16,17). The molecule has 0 saturated carbocycles. The predicted molar refractivity (Wildman–Crippen MR) is 62.6 cm³/mol. The molecule has 17 heavy (non-hydrogen) atoms. The summed E-state index contributed by atoms with van der Waals surface area (Å²) in [5, 5.41) is 20.6. The molecule has 0 radical (unpaired) electrons. The minimum Gasteiger partial charge on any atom is -0.480 e. The van der Waals surface area contributed by atoms with Gasteiger partial charge in [0.15, 0.2) is 11.9 Å². The van der Waals surface area contributed by atoms with Crippen molar-refractivity contribution in [2.75, 3.05) is 0 Å². The molecule has 2 atom stereocenters. The maximum Gasteiger partial charge on any atom is 0.328 e. The zero-order valence-electron chi connectivity index (χ0n) is 10.6.